The summed E-state index contributed by atoms with van der Waals surface area (Å²) in [5.74, 6) is 1.65. The van der Waals surface area contributed by atoms with E-state index in [1.807, 2.05) is 25.3 Å². The minimum absolute atomic E-state index is 0.339. The summed E-state index contributed by atoms with van der Waals surface area (Å²) in [5, 5.41) is 9.64. The number of hydrogen-bond donors (Lipinski definition) is 2. The van der Waals surface area contributed by atoms with Crippen LogP contribution in [0, 0.1) is 0 Å². The van der Waals surface area contributed by atoms with Crippen molar-refractivity contribution < 1.29 is 4.21 Å². The number of nitrogens with one attached hydrogen (secondary N) is 2. The predicted octanol–water partition coefficient (Wildman–Crippen LogP) is 2.74. The number of nitrogens with zero attached hydrogens (tertiary/aromatic N) is 2. The molecule has 27 heavy (non-hydrogen) atoms. The van der Waals surface area contributed by atoms with Gasteiger partial charge in [-0.1, -0.05) is 13.3 Å². The van der Waals surface area contributed by atoms with E-state index in [0.29, 0.717) is 17.3 Å². The van der Waals surface area contributed by atoms with Crippen LogP contribution in [0.25, 0.3) is 0 Å². The second-order valence-electron chi connectivity index (χ2n) is 7.69. The Balaban J connectivity index is 1.46. The third kappa shape index (κ3) is 5.55. The molecule has 2 heterocycles. The highest BCUT2D eigenvalue weighted by Crippen LogP contribution is 2.25. The van der Waals surface area contributed by atoms with Crippen molar-refractivity contribution in [3.63, 3.8) is 0 Å². The summed E-state index contributed by atoms with van der Waals surface area (Å²) in [6, 6.07) is 3.11. The zero-order chi connectivity index (χ0) is 19.2. The Hall–Kier alpha value is -0.920. The highest BCUT2D eigenvalue weighted by Gasteiger charge is 2.26. The minimum Gasteiger partial charge on any atom is -0.355 e. The second kappa shape index (κ2) is 10.0. The lowest BCUT2D eigenvalue weighted by molar-refractivity contribution is 0.192. The van der Waals surface area contributed by atoms with Crippen molar-refractivity contribution in [3.05, 3.63) is 21.9 Å². The van der Waals surface area contributed by atoms with Gasteiger partial charge in [0.05, 0.1) is 0 Å². The Kier molecular flexibility index (Phi) is 7.73. The molecule has 0 bridgehead atoms. The molecule has 1 aromatic rings. The van der Waals surface area contributed by atoms with Crippen molar-refractivity contribution >= 4 is 28.1 Å². The van der Waals surface area contributed by atoms with Gasteiger partial charge in [-0.3, -0.25) is 14.1 Å². The summed E-state index contributed by atoms with van der Waals surface area (Å²) < 4.78 is 12.2. The summed E-state index contributed by atoms with van der Waals surface area (Å²) in [6.07, 6.45) is 5.55. The van der Waals surface area contributed by atoms with Crippen molar-refractivity contribution in [2.45, 2.75) is 69.8 Å². The molecule has 3 rings (SSSR count). The Morgan fingerprint density at radius 3 is 3.11 bits per heavy atom. The molecule has 7 heteroatoms. The SMILES string of the molecule is CCS(=O)C1CCCC(NC(=NC)NCC(C)N2CCc3sccc3C2)C1. The molecular weight excluding hydrogens is 376 g/mol. The van der Waals surface area contributed by atoms with Gasteiger partial charge in [0, 0.05) is 65.4 Å². The molecule has 0 spiro atoms. The van der Waals surface area contributed by atoms with E-state index in [1.165, 1.54) is 12.0 Å². The van der Waals surface area contributed by atoms with Crippen LogP contribution in [0.3, 0.4) is 0 Å². The van der Waals surface area contributed by atoms with Crippen molar-refractivity contribution in [1.82, 2.24) is 15.5 Å². The van der Waals surface area contributed by atoms with Gasteiger partial charge in [0.2, 0.25) is 0 Å². The van der Waals surface area contributed by atoms with E-state index in [4.69, 9.17) is 0 Å². The van der Waals surface area contributed by atoms with Gasteiger partial charge in [0.15, 0.2) is 5.96 Å². The third-order valence-electron chi connectivity index (χ3n) is 5.87. The van der Waals surface area contributed by atoms with Gasteiger partial charge < -0.3 is 10.6 Å². The van der Waals surface area contributed by atoms with Crippen LogP contribution in [-0.4, -0.2) is 58.3 Å². The van der Waals surface area contributed by atoms with E-state index in [-0.39, 0.29) is 0 Å². The molecule has 1 aromatic heterocycles. The smallest absolute Gasteiger partial charge is 0.191 e. The lowest BCUT2D eigenvalue weighted by Gasteiger charge is -2.33. The molecule has 0 aromatic carbocycles. The Morgan fingerprint density at radius 1 is 1.48 bits per heavy atom. The molecule has 2 aliphatic rings. The zero-order valence-corrected chi connectivity index (χ0v) is 18.5. The zero-order valence-electron chi connectivity index (χ0n) is 16.9. The molecular formula is C20H34N4OS2. The topological polar surface area (TPSA) is 56.7 Å². The number of guanidine groups is 1. The lowest BCUT2D eigenvalue weighted by Crippen LogP contribution is -2.50. The van der Waals surface area contributed by atoms with E-state index >= 15 is 0 Å². The Bertz CT molecular complexity index is 660. The average molecular weight is 411 g/mol. The quantitative estimate of drug-likeness (QED) is 0.559. The average Bonchev–Trinajstić information content (AvgIpc) is 3.18. The van der Waals surface area contributed by atoms with Crippen molar-refractivity contribution in [3.8, 4) is 0 Å². The number of rotatable bonds is 6. The van der Waals surface area contributed by atoms with Crippen LogP contribution in [0.4, 0.5) is 0 Å². The minimum atomic E-state index is -0.686. The summed E-state index contributed by atoms with van der Waals surface area (Å²) in [6.45, 7) is 7.39. The van der Waals surface area contributed by atoms with Gasteiger partial charge in [0.25, 0.3) is 0 Å². The normalized spacial score (nSPS) is 26.3. The van der Waals surface area contributed by atoms with E-state index in [1.54, 1.807) is 4.88 Å². The fourth-order valence-corrected chi connectivity index (χ4v) is 6.40. The van der Waals surface area contributed by atoms with E-state index in [9.17, 15) is 4.21 Å². The van der Waals surface area contributed by atoms with Crippen molar-refractivity contribution in [2.24, 2.45) is 4.99 Å². The molecule has 1 fully saturated rings. The molecule has 152 valence electrons. The summed E-state index contributed by atoms with van der Waals surface area (Å²) >= 11 is 1.89. The van der Waals surface area contributed by atoms with Gasteiger partial charge in [0.1, 0.15) is 0 Å². The fourth-order valence-electron chi connectivity index (χ4n) is 4.16. The van der Waals surface area contributed by atoms with Crippen LogP contribution in [0.15, 0.2) is 16.4 Å². The van der Waals surface area contributed by atoms with E-state index in [2.05, 4.69) is 38.9 Å². The maximum Gasteiger partial charge on any atom is 0.191 e. The predicted molar refractivity (Wildman–Crippen MR) is 117 cm³/mol. The fraction of sp³-hybridized carbons (Fsp3) is 0.750. The molecule has 0 amide bonds. The van der Waals surface area contributed by atoms with Crippen molar-refractivity contribution in [2.75, 3.05) is 25.9 Å². The first-order chi connectivity index (χ1) is 13.1. The van der Waals surface area contributed by atoms with E-state index in [0.717, 1.165) is 57.0 Å². The molecule has 0 radical (unpaired) electrons. The molecule has 2 N–H and O–H groups in total. The van der Waals surface area contributed by atoms with Gasteiger partial charge in [-0.05, 0) is 49.6 Å². The Labute approximate surface area is 170 Å². The highest BCUT2D eigenvalue weighted by molar-refractivity contribution is 7.85. The largest absolute Gasteiger partial charge is 0.355 e. The molecule has 1 saturated carbocycles. The molecule has 5 nitrogen and oxygen atoms in total. The molecule has 4 atom stereocenters. The van der Waals surface area contributed by atoms with Gasteiger partial charge in [-0.25, -0.2) is 0 Å². The van der Waals surface area contributed by atoms with Gasteiger partial charge in [-0.2, -0.15) is 0 Å². The third-order valence-corrected chi connectivity index (χ3v) is 8.64. The van der Waals surface area contributed by atoms with Crippen LogP contribution in [0.1, 0.15) is 50.0 Å². The Morgan fingerprint density at radius 2 is 2.33 bits per heavy atom. The van der Waals surface area contributed by atoms with E-state index < -0.39 is 10.8 Å². The number of aliphatic imine (C=N–C) groups is 1. The van der Waals surface area contributed by atoms with Crippen LogP contribution < -0.4 is 10.6 Å². The van der Waals surface area contributed by atoms with Gasteiger partial charge >= 0.3 is 0 Å². The first-order valence-electron chi connectivity index (χ1n) is 10.2. The molecule has 4 unspecified atom stereocenters. The van der Waals surface area contributed by atoms with Gasteiger partial charge in [-0.15, -0.1) is 11.3 Å². The van der Waals surface area contributed by atoms with Crippen molar-refractivity contribution in [1.29, 1.82) is 0 Å². The monoisotopic (exact) mass is 410 g/mol. The van der Waals surface area contributed by atoms with Crippen LogP contribution in [0.2, 0.25) is 0 Å². The maximum absolute atomic E-state index is 12.2. The number of fused-ring (bicyclic) bond motifs is 1. The lowest BCUT2D eigenvalue weighted by atomic mass is 9.95. The first kappa shape index (κ1) is 20.8. The number of thiophene rings is 1. The molecule has 1 aliphatic carbocycles. The summed E-state index contributed by atoms with van der Waals surface area (Å²) in [5.41, 5.74) is 1.50. The van der Waals surface area contributed by atoms with Crippen LogP contribution in [0.5, 0.6) is 0 Å². The summed E-state index contributed by atoms with van der Waals surface area (Å²) in [4.78, 5) is 8.53. The standard InChI is InChI=1S/C20H34N4OS2/c1-4-27(25)18-7-5-6-17(12-18)23-20(21-3)22-13-15(2)24-10-8-19-16(14-24)9-11-26-19/h9,11,15,17-18H,4-8,10,12-14H2,1-3H3,(H2,21,22,23). The summed E-state index contributed by atoms with van der Waals surface area (Å²) in [7, 11) is 1.15. The maximum atomic E-state index is 12.2. The second-order valence-corrected chi connectivity index (χ2v) is 10.7. The van der Waals surface area contributed by atoms with Crippen LogP contribution in [-0.2, 0) is 23.8 Å². The highest BCUT2D eigenvalue weighted by atomic mass is 32.2. The van der Waals surface area contributed by atoms with Crippen LogP contribution >= 0.6 is 11.3 Å². The molecule has 1 aliphatic heterocycles. The molecule has 0 saturated heterocycles. The number of hydrogen-bond acceptors (Lipinski definition) is 4. The first-order valence-corrected chi connectivity index (χ1v) is 12.5.